The molecule has 19 heavy (non-hydrogen) atoms. The summed E-state index contributed by atoms with van der Waals surface area (Å²) >= 11 is 0. The van der Waals surface area contributed by atoms with Gasteiger partial charge in [-0.15, -0.1) is 12.4 Å². The maximum absolute atomic E-state index is 13.5. The number of para-hydroxylation sites is 1. The van der Waals surface area contributed by atoms with E-state index in [-0.39, 0.29) is 17.8 Å². The van der Waals surface area contributed by atoms with Crippen LogP contribution in [-0.2, 0) is 0 Å². The monoisotopic (exact) mass is 285 g/mol. The Bertz CT molecular complexity index is 636. The molecule has 102 valence electrons. The minimum atomic E-state index is -1.14. The van der Waals surface area contributed by atoms with Gasteiger partial charge in [0.05, 0.1) is 5.39 Å². The third-order valence-electron chi connectivity index (χ3n) is 3.30. The molecular formula is C14H14ClF2NO. The van der Waals surface area contributed by atoms with E-state index < -0.39 is 11.8 Å². The molecule has 2 nitrogen and oxygen atoms in total. The molecule has 0 saturated carbocycles. The van der Waals surface area contributed by atoms with Crippen molar-refractivity contribution in [2.45, 2.75) is 19.4 Å². The number of hydrogen-bond acceptors (Lipinski definition) is 2. The van der Waals surface area contributed by atoms with Crippen LogP contribution in [0, 0.1) is 11.8 Å². The molecule has 1 aromatic heterocycles. The highest BCUT2D eigenvalue weighted by Crippen LogP contribution is 2.32. The molecule has 1 aliphatic rings. The maximum Gasteiger partial charge on any atom is 0.315 e. The Morgan fingerprint density at radius 3 is 2.84 bits per heavy atom. The van der Waals surface area contributed by atoms with Crippen molar-refractivity contribution in [3.05, 3.63) is 41.7 Å². The topological polar surface area (TPSA) is 25.2 Å². The van der Waals surface area contributed by atoms with Crippen molar-refractivity contribution in [1.82, 2.24) is 5.32 Å². The van der Waals surface area contributed by atoms with Gasteiger partial charge in [-0.2, -0.15) is 8.78 Å². The van der Waals surface area contributed by atoms with Crippen LogP contribution < -0.4 is 5.32 Å². The third kappa shape index (κ3) is 2.38. The number of halogens is 3. The van der Waals surface area contributed by atoms with Gasteiger partial charge >= 0.3 is 6.01 Å². The van der Waals surface area contributed by atoms with Crippen LogP contribution in [-0.4, -0.2) is 12.6 Å². The molecule has 1 atom stereocenters. The maximum atomic E-state index is 13.5. The van der Waals surface area contributed by atoms with Gasteiger partial charge in [-0.05, 0) is 25.0 Å². The first kappa shape index (κ1) is 14.0. The van der Waals surface area contributed by atoms with Crippen LogP contribution in [0.2, 0.25) is 0 Å². The molecule has 1 aromatic carbocycles. The predicted octanol–water partition coefficient (Wildman–Crippen LogP) is 3.90. The van der Waals surface area contributed by atoms with Crippen molar-refractivity contribution in [3.8, 4) is 0 Å². The largest absolute Gasteiger partial charge is 0.428 e. The van der Waals surface area contributed by atoms with Gasteiger partial charge in [-0.25, -0.2) is 0 Å². The lowest BCUT2D eigenvalue weighted by Crippen LogP contribution is -2.29. The van der Waals surface area contributed by atoms with E-state index in [1.165, 1.54) is 6.07 Å². The van der Waals surface area contributed by atoms with E-state index in [9.17, 15) is 8.78 Å². The van der Waals surface area contributed by atoms with Crippen molar-refractivity contribution in [2.75, 3.05) is 6.54 Å². The van der Waals surface area contributed by atoms with Crippen LogP contribution >= 0.6 is 12.4 Å². The normalized spacial score (nSPS) is 19.1. The number of furan rings is 1. The molecule has 1 unspecified atom stereocenters. The Balaban J connectivity index is 0.00000133. The quantitative estimate of drug-likeness (QED) is 0.860. The van der Waals surface area contributed by atoms with E-state index in [0.717, 1.165) is 24.1 Å². The zero-order chi connectivity index (χ0) is 12.7. The fourth-order valence-corrected chi connectivity index (χ4v) is 2.40. The van der Waals surface area contributed by atoms with Crippen LogP contribution in [0.15, 0.2) is 28.7 Å². The second-order valence-electron chi connectivity index (χ2n) is 4.61. The van der Waals surface area contributed by atoms with Crippen molar-refractivity contribution in [3.63, 3.8) is 0 Å². The first-order valence-corrected chi connectivity index (χ1v) is 5.96. The molecule has 3 rings (SSSR count). The molecule has 0 spiro atoms. The number of fused-ring (bicyclic) bond motifs is 1. The van der Waals surface area contributed by atoms with Crippen molar-refractivity contribution >= 4 is 28.9 Å². The van der Waals surface area contributed by atoms with E-state index in [2.05, 4.69) is 12.2 Å². The lowest BCUT2D eigenvalue weighted by Gasteiger charge is -2.20. The Morgan fingerprint density at radius 1 is 1.32 bits per heavy atom. The average Bonchev–Trinajstić information content (AvgIpc) is 2.65. The van der Waals surface area contributed by atoms with Gasteiger partial charge < -0.3 is 9.73 Å². The van der Waals surface area contributed by atoms with E-state index in [0.29, 0.717) is 11.6 Å². The van der Waals surface area contributed by atoms with Crippen LogP contribution in [0.3, 0.4) is 0 Å². The van der Waals surface area contributed by atoms with Gasteiger partial charge in [0.2, 0.25) is 5.82 Å². The molecule has 0 fully saturated rings. The number of hydrogen-bond donors (Lipinski definition) is 1. The molecular weight excluding hydrogens is 272 g/mol. The number of rotatable bonds is 1. The lowest BCUT2D eigenvalue weighted by molar-refractivity contribution is 0.342. The summed E-state index contributed by atoms with van der Waals surface area (Å²) < 4.78 is 31.6. The van der Waals surface area contributed by atoms with Gasteiger partial charge in [-0.3, -0.25) is 0 Å². The summed E-state index contributed by atoms with van der Waals surface area (Å²) in [6, 6.07) is 4.31. The van der Waals surface area contributed by atoms with Crippen molar-refractivity contribution < 1.29 is 13.2 Å². The first-order valence-electron chi connectivity index (χ1n) is 5.96. The SMILES string of the molecule is CC1CC(c2cccc3c(F)c(F)oc23)=CCN1.Cl. The summed E-state index contributed by atoms with van der Waals surface area (Å²) in [5.74, 6) is -0.908. The highest BCUT2D eigenvalue weighted by molar-refractivity contribution is 5.90. The fraction of sp³-hybridized carbons (Fsp3) is 0.286. The van der Waals surface area contributed by atoms with E-state index >= 15 is 0 Å². The Labute approximate surface area is 115 Å². The molecule has 2 heterocycles. The van der Waals surface area contributed by atoms with Crippen LogP contribution in [0.5, 0.6) is 0 Å². The summed E-state index contributed by atoms with van der Waals surface area (Å²) in [4.78, 5) is 0. The fourth-order valence-electron chi connectivity index (χ4n) is 2.40. The van der Waals surface area contributed by atoms with Crippen LogP contribution in [0.4, 0.5) is 8.78 Å². The van der Waals surface area contributed by atoms with E-state index in [1.54, 1.807) is 6.07 Å². The minimum absolute atomic E-state index is 0. The Morgan fingerprint density at radius 2 is 2.11 bits per heavy atom. The minimum Gasteiger partial charge on any atom is -0.428 e. The van der Waals surface area contributed by atoms with Gasteiger partial charge in [0.15, 0.2) is 0 Å². The summed E-state index contributed by atoms with van der Waals surface area (Å²) in [5.41, 5.74) is 2.15. The zero-order valence-corrected chi connectivity index (χ0v) is 11.2. The van der Waals surface area contributed by atoms with Crippen molar-refractivity contribution in [1.29, 1.82) is 0 Å². The molecule has 0 amide bonds. The highest BCUT2D eigenvalue weighted by atomic mass is 35.5. The Kier molecular flexibility index (Phi) is 3.92. The molecule has 1 aliphatic heterocycles. The highest BCUT2D eigenvalue weighted by Gasteiger charge is 2.20. The third-order valence-corrected chi connectivity index (χ3v) is 3.30. The van der Waals surface area contributed by atoms with Crippen molar-refractivity contribution in [2.24, 2.45) is 0 Å². The summed E-state index contributed by atoms with van der Waals surface area (Å²) in [7, 11) is 0. The van der Waals surface area contributed by atoms with Gasteiger partial charge in [0.1, 0.15) is 5.58 Å². The van der Waals surface area contributed by atoms with Crippen LogP contribution in [0.25, 0.3) is 16.5 Å². The molecule has 2 aromatic rings. The van der Waals surface area contributed by atoms with Gasteiger partial charge in [-0.1, -0.05) is 18.2 Å². The predicted molar refractivity (Wildman–Crippen MR) is 73.4 cm³/mol. The van der Waals surface area contributed by atoms with E-state index in [4.69, 9.17) is 4.42 Å². The molecule has 1 N–H and O–H groups in total. The molecule has 0 aliphatic carbocycles. The summed E-state index contributed by atoms with van der Waals surface area (Å²) in [5, 5.41) is 3.50. The molecule has 0 saturated heterocycles. The average molecular weight is 286 g/mol. The van der Waals surface area contributed by atoms with Crippen LogP contribution in [0.1, 0.15) is 18.9 Å². The zero-order valence-electron chi connectivity index (χ0n) is 10.4. The standard InChI is InChI=1S/C14H13F2NO.ClH/c1-8-7-9(5-6-17-8)10-3-2-4-11-12(15)14(16)18-13(10)11;/h2-5,8,17H,6-7H2,1H3;1H. The smallest absolute Gasteiger partial charge is 0.315 e. The molecule has 0 bridgehead atoms. The molecule has 5 heteroatoms. The lowest BCUT2D eigenvalue weighted by atomic mass is 9.95. The Hall–Kier alpha value is -1.39. The molecule has 0 radical (unpaired) electrons. The van der Waals surface area contributed by atoms with Gasteiger partial charge in [0, 0.05) is 18.2 Å². The second kappa shape index (κ2) is 5.31. The number of nitrogens with one attached hydrogen (secondary N) is 1. The summed E-state index contributed by atoms with van der Waals surface area (Å²) in [6.07, 6.45) is 2.86. The van der Waals surface area contributed by atoms with Gasteiger partial charge in [0.25, 0.3) is 0 Å². The first-order chi connectivity index (χ1) is 8.66. The number of benzene rings is 1. The summed E-state index contributed by atoms with van der Waals surface area (Å²) in [6.45, 7) is 2.84. The second-order valence-corrected chi connectivity index (χ2v) is 4.61. The van der Waals surface area contributed by atoms with E-state index in [1.807, 2.05) is 12.1 Å².